The van der Waals surface area contributed by atoms with Crippen LogP contribution < -0.4 is 0 Å². The quantitative estimate of drug-likeness (QED) is 0.686. The number of carbonyl (C=O) groups excluding carboxylic acids is 1. The molecule has 1 rings (SSSR count). The van der Waals surface area contributed by atoms with Crippen molar-refractivity contribution in [3.8, 4) is 0 Å². The molecule has 0 aromatic carbocycles. The number of hydrogen-bond donors (Lipinski definition) is 1. The number of ether oxygens (including phenoxy) is 1. The Hall–Kier alpha value is -1.36. The number of hydrogen-bond acceptors (Lipinski definition) is 4. The molecule has 0 amide bonds. The number of aryl methyl sites for hydroxylation is 1. The highest BCUT2D eigenvalue weighted by Crippen LogP contribution is 2.01. The molecule has 0 saturated carbocycles. The molecular formula is C9H14N2O3. The Bertz CT molecular complexity index is 272. The van der Waals surface area contributed by atoms with E-state index < -0.39 is 12.1 Å². The molecule has 0 spiro atoms. The van der Waals surface area contributed by atoms with E-state index in [-0.39, 0.29) is 6.42 Å². The number of aliphatic hydroxyl groups is 1. The van der Waals surface area contributed by atoms with Gasteiger partial charge in [0.1, 0.15) is 0 Å². The van der Waals surface area contributed by atoms with Crippen molar-refractivity contribution in [3.63, 3.8) is 0 Å². The number of esters is 1. The SMILES string of the molecule is COC(=O)CC(O)CCn1cccn1. The largest absolute Gasteiger partial charge is 0.469 e. The lowest BCUT2D eigenvalue weighted by Gasteiger charge is -2.08. The van der Waals surface area contributed by atoms with Gasteiger partial charge < -0.3 is 9.84 Å². The molecule has 0 radical (unpaired) electrons. The van der Waals surface area contributed by atoms with Gasteiger partial charge in [0.05, 0.1) is 19.6 Å². The predicted octanol–water partition coefficient (Wildman–Crippen LogP) is 0.197. The van der Waals surface area contributed by atoms with Crippen LogP contribution in [0.4, 0.5) is 0 Å². The Balaban J connectivity index is 2.21. The first kappa shape index (κ1) is 10.7. The van der Waals surface area contributed by atoms with E-state index in [0.717, 1.165) is 0 Å². The lowest BCUT2D eigenvalue weighted by molar-refractivity contribution is -0.142. The summed E-state index contributed by atoms with van der Waals surface area (Å²) in [7, 11) is 1.31. The Morgan fingerprint density at radius 2 is 2.50 bits per heavy atom. The average Bonchev–Trinajstić information content (AvgIpc) is 2.67. The van der Waals surface area contributed by atoms with Crippen LogP contribution in [-0.4, -0.2) is 34.1 Å². The molecule has 14 heavy (non-hydrogen) atoms. The fourth-order valence-corrected chi connectivity index (χ4v) is 1.09. The zero-order valence-corrected chi connectivity index (χ0v) is 8.09. The van der Waals surface area contributed by atoms with Gasteiger partial charge in [0.15, 0.2) is 0 Å². The van der Waals surface area contributed by atoms with Crippen LogP contribution >= 0.6 is 0 Å². The van der Waals surface area contributed by atoms with Crippen molar-refractivity contribution in [3.05, 3.63) is 18.5 Å². The summed E-state index contributed by atoms with van der Waals surface area (Å²) < 4.78 is 6.15. The van der Waals surface area contributed by atoms with Crippen molar-refractivity contribution in [2.75, 3.05) is 7.11 Å². The third-order valence-corrected chi connectivity index (χ3v) is 1.88. The van der Waals surface area contributed by atoms with Crippen LogP contribution in [0.25, 0.3) is 0 Å². The molecule has 0 bridgehead atoms. The Labute approximate surface area is 82.3 Å². The Morgan fingerprint density at radius 3 is 3.07 bits per heavy atom. The van der Waals surface area contributed by atoms with Crippen LogP contribution in [0.1, 0.15) is 12.8 Å². The van der Waals surface area contributed by atoms with Gasteiger partial charge in [0.2, 0.25) is 0 Å². The predicted molar refractivity (Wildman–Crippen MR) is 49.5 cm³/mol. The van der Waals surface area contributed by atoms with Crippen LogP contribution in [-0.2, 0) is 16.1 Å². The third-order valence-electron chi connectivity index (χ3n) is 1.88. The number of carbonyl (C=O) groups is 1. The number of rotatable bonds is 5. The van der Waals surface area contributed by atoms with Crippen molar-refractivity contribution in [1.82, 2.24) is 9.78 Å². The van der Waals surface area contributed by atoms with E-state index in [9.17, 15) is 9.90 Å². The minimum atomic E-state index is -0.661. The van der Waals surface area contributed by atoms with Crippen molar-refractivity contribution in [1.29, 1.82) is 0 Å². The molecule has 1 aromatic rings. The van der Waals surface area contributed by atoms with Crippen molar-refractivity contribution in [2.45, 2.75) is 25.5 Å². The fraction of sp³-hybridized carbons (Fsp3) is 0.556. The summed E-state index contributed by atoms with van der Waals surface area (Å²) in [5.74, 6) is -0.391. The Morgan fingerprint density at radius 1 is 1.71 bits per heavy atom. The monoisotopic (exact) mass is 198 g/mol. The van der Waals surface area contributed by atoms with E-state index in [1.807, 2.05) is 12.3 Å². The van der Waals surface area contributed by atoms with Gasteiger partial charge >= 0.3 is 5.97 Å². The van der Waals surface area contributed by atoms with E-state index in [1.165, 1.54) is 7.11 Å². The van der Waals surface area contributed by atoms with Crippen LogP contribution in [0.2, 0.25) is 0 Å². The van der Waals surface area contributed by atoms with Gasteiger partial charge in [-0.3, -0.25) is 9.48 Å². The Kier molecular flexibility index (Phi) is 4.12. The standard InChI is InChI=1S/C9H14N2O3/c1-14-9(13)7-8(12)3-6-11-5-2-4-10-11/h2,4-5,8,12H,3,6-7H2,1H3. The van der Waals surface area contributed by atoms with Gasteiger partial charge in [0, 0.05) is 18.9 Å². The summed E-state index contributed by atoms with van der Waals surface area (Å²) in [4.78, 5) is 10.8. The minimum Gasteiger partial charge on any atom is -0.469 e. The second kappa shape index (κ2) is 5.39. The summed E-state index contributed by atoms with van der Waals surface area (Å²) in [6.45, 7) is 0.602. The molecule has 5 heteroatoms. The molecule has 0 aliphatic rings. The second-order valence-electron chi connectivity index (χ2n) is 2.99. The average molecular weight is 198 g/mol. The lowest BCUT2D eigenvalue weighted by Crippen LogP contribution is -2.17. The number of aromatic nitrogens is 2. The van der Waals surface area contributed by atoms with Gasteiger partial charge in [-0.1, -0.05) is 0 Å². The molecule has 1 N–H and O–H groups in total. The smallest absolute Gasteiger partial charge is 0.308 e. The molecule has 1 heterocycles. The maximum Gasteiger partial charge on any atom is 0.308 e. The van der Waals surface area contributed by atoms with Crippen LogP contribution in [0.5, 0.6) is 0 Å². The van der Waals surface area contributed by atoms with Crippen LogP contribution in [0, 0.1) is 0 Å². The third kappa shape index (κ3) is 3.57. The molecular weight excluding hydrogens is 184 g/mol. The van der Waals surface area contributed by atoms with Gasteiger partial charge in [-0.05, 0) is 12.5 Å². The minimum absolute atomic E-state index is 0.0395. The molecule has 0 aliphatic carbocycles. The molecule has 1 atom stereocenters. The maximum atomic E-state index is 10.8. The first-order chi connectivity index (χ1) is 6.72. The first-order valence-corrected chi connectivity index (χ1v) is 4.44. The number of nitrogens with zero attached hydrogens (tertiary/aromatic N) is 2. The highest BCUT2D eigenvalue weighted by atomic mass is 16.5. The molecule has 1 unspecified atom stereocenters. The second-order valence-corrected chi connectivity index (χ2v) is 2.99. The zero-order valence-electron chi connectivity index (χ0n) is 8.09. The van der Waals surface area contributed by atoms with E-state index in [0.29, 0.717) is 13.0 Å². The molecule has 0 fully saturated rings. The van der Waals surface area contributed by atoms with E-state index >= 15 is 0 Å². The molecule has 5 nitrogen and oxygen atoms in total. The summed E-state index contributed by atoms with van der Waals surface area (Å²) in [5, 5.41) is 13.4. The summed E-state index contributed by atoms with van der Waals surface area (Å²) >= 11 is 0. The summed E-state index contributed by atoms with van der Waals surface area (Å²) in [6, 6.07) is 1.81. The van der Waals surface area contributed by atoms with E-state index in [2.05, 4.69) is 9.84 Å². The van der Waals surface area contributed by atoms with Gasteiger partial charge in [0.25, 0.3) is 0 Å². The maximum absolute atomic E-state index is 10.8. The highest BCUT2D eigenvalue weighted by Gasteiger charge is 2.10. The molecule has 78 valence electrons. The van der Waals surface area contributed by atoms with Gasteiger partial charge in [-0.25, -0.2) is 0 Å². The zero-order chi connectivity index (χ0) is 10.4. The van der Waals surface area contributed by atoms with Crippen molar-refractivity contribution >= 4 is 5.97 Å². The van der Waals surface area contributed by atoms with Crippen molar-refractivity contribution in [2.24, 2.45) is 0 Å². The van der Waals surface area contributed by atoms with Gasteiger partial charge in [-0.15, -0.1) is 0 Å². The van der Waals surface area contributed by atoms with Gasteiger partial charge in [-0.2, -0.15) is 5.10 Å². The lowest BCUT2D eigenvalue weighted by atomic mass is 10.2. The first-order valence-electron chi connectivity index (χ1n) is 4.44. The highest BCUT2D eigenvalue weighted by molar-refractivity contribution is 5.69. The molecule has 1 aromatic heterocycles. The van der Waals surface area contributed by atoms with E-state index in [1.54, 1.807) is 10.9 Å². The van der Waals surface area contributed by atoms with Crippen LogP contribution in [0.15, 0.2) is 18.5 Å². The molecule has 0 saturated heterocycles. The fourth-order valence-electron chi connectivity index (χ4n) is 1.09. The molecule has 0 aliphatic heterocycles. The van der Waals surface area contributed by atoms with E-state index in [4.69, 9.17) is 0 Å². The normalized spacial score (nSPS) is 12.4. The van der Waals surface area contributed by atoms with Crippen molar-refractivity contribution < 1.29 is 14.6 Å². The summed E-state index contributed by atoms with van der Waals surface area (Å²) in [5.41, 5.74) is 0. The number of aliphatic hydroxyl groups excluding tert-OH is 1. The summed E-state index contributed by atoms with van der Waals surface area (Å²) in [6.07, 6.45) is 3.36. The topological polar surface area (TPSA) is 64.3 Å². The number of methoxy groups -OCH3 is 1. The van der Waals surface area contributed by atoms with Crippen LogP contribution in [0.3, 0.4) is 0 Å².